The second-order valence-corrected chi connectivity index (χ2v) is 6.72. The molecule has 1 aliphatic heterocycles. The number of ether oxygens (including phenoxy) is 1. The molecule has 0 saturated carbocycles. The summed E-state index contributed by atoms with van der Waals surface area (Å²) in [6, 6.07) is 9.88. The van der Waals surface area contributed by atoms with Crippen LogP contribution in [-0.4, -0.2) is 34.2 Å². The molecule has 0 aliphatic carbocycles. The van der Waals surface area contributed by atoms with E-state index in [0.717, 1.165) is 21.1 Å². The molecule has 6 nitrogen and oxygen atoms in total. The smallest absolute Gasteiger partial charge is 0.332 e. The highest BCUT2D eigenvalue weighted by atomic mass is 32.1. The molecule has 2 heterocycles. The molecule has 1 fully saturated rings. The molecule has 1 aromatic heterocycles. The van der Waals surface area contributed by atoms with Crippen molar-refractivity contribution in [2.24, 2.45) is 0 Å². The molecule has 2 N–H and O–H groups in total. The molecule has 3 rings (SSSR count). The van der Waals surface area contributed by atoms with Crippen LogP contribution in [0.3, 0.4) is 0 Å². The number of amides is 1. The Labute approximate surface area is 143 Å². The number of hydrogen-bond donors (Lipinski definition) is 2. The van der Waals surface area contributed by atoms with Gasteiger partial charge in [0.15, 0.2) is 6.10 Å². The van der Waals surface area contributed by atoms with Crippen molar-refractivity contribution in [1.29, 1.82) is 0 Å². The molecule has 2 aromatic rings. The standard InChI is InChI=1S/C17H18N2O4S/c1-10-14(24-16(19-10)11-5-3-2-4-6-11)9-18-15(20)12-7-8-13(23-12)17(21)22/h2-6,12-13H,7-9H2,1H3,(H,18,20)(H,21,22)/t12-,13+/m0/s1. The number of carboxylic acids is 1. The van der Waals surface area contributed by atoms with Crippen LogP contribution in [0.25, 0.3) is 10.6 Å². The predicted octanol–water partition coefficient (Wildman–Crippen LogP) is 2.37. The van der Waals surface area contributed by atoms with Crippen molar-refractivity contribution in [1.82, 2.24) is 10.3 Å². The molecule has 1 aromatic carbocycles. The van der Waals surface area contributed by atoms with Crippen LogP contribution in [0.1, 0.15) is 23.4 Å². The van der Waals surface area contributed by atoms with Gasteiger partial charge in [-0.25, -0.2) is 9.78 Å². The van der Waals surface area contributed by atoms with Crippen LogP contribution in [0.2, 0.25) is 0 Å². The first-order valence-electron chi connectivity index (χ1n) is 7.72. The van der Waals surface area contributed by atoms with Gasteiger partial charge < -0.3 is 15.2 Å². The van der Waals surface area contributed by atoms with Gasteiger partial charge in [-0.2, -0.15) is 0 Å². The number of carbonyl (C=O) groups excluding carboxylic acids is 1. The molecule has 0 bridgehead atoms. The summed E-state index contributed by atoms with van der Waals surface area (Å²) >= 11 is 1.54. The zero-order chi connectivity index (χ0) is 17.1. The van der Waals surface area contributed by atoms with E-state index in [1.165, 1.54) is 0 Å². The van der Waals surface area contributed by atoms with Crippen LogP contribution < -0.4 is 5.32 Å². The Morgan fingerprint density at radius 3 is 2.67 bits per heavy atom. The van der Waals surface area contributed by atoms with Crippen LogP contribution in [0, 0.1) is 6.92 Å². The summed E-state index contributed by atoms with van der Waals surface area (Å²) in [6.45, 7) is 2.28. The third kappa shape index (κ3) is 3.63. The van der Waals surface area contributed by atoms with Gasteiger partial charge in [-0.05, 0) is 19.8 Å². The van der Waals surface area contributed by atoms with Crippen molar-refractivity contribution < 1.29 is 19.4 Å². The number of nitrogens with zero attached hydrogens (tertiary/aromatic N) is 1. The summed E-state index contributed by atoms with van der Waals surface area (Å²) in [4.78, 5) is 28.5. The van der Waals surface area contributed by atoms with E-state index in [1.54, 1.807) is 11.3 Å². The zero-order valence-electron chi connectivity index (χ0n) is 13.2. The number of benzene rings is 1. The molecule has 2 atom stereocenters. The maximum absolute atomic E-state index is 12.1. The number of thiazole rings is 1. The van der Waals surface area contributed by atoms with Gasteiger partial charge in [-0.15, -0.1) is 11.3 Å². The van der Waals surface area contributed by atoms with Gasteiger partial charge in [0.25, 0.3) is 0 Å². The summed E-state index contributed by atoms with van der Waals surface area (Å²) < 4.78 is 5.25. The fraction of sp³-hybridized carbons (Fsp3) is 0.353. The Balaban J connectivity index is 1.60. The van der Waals surface area contributed by atoms with Crippen molar-refractivity contribution in [2.45, 2.75) is 38.5 Å². The predicted molar refractivity (Wildman–Crippen MR) is 89.7 cm³/mol. The van der Waals surface area contributed by atoms with Crippen LogP contribution >= 0.6 is 11.3 Å². The average molecular weight is 346 g/mol. The highest BCUT2D eigenvalue weighted by Crippen LogP contribution is 2.28. The first kappa shape index (κ1) is 16.6. The van der Waals surface area contributed by atoms with Crippen LogP contribution in [0.4, 0.5) is 0 Å². The van der Waals surface area contributed by atoms with E-state index in [-0.39, 0.29) is 5.91 Å². The van der Waals surface area contributed by atoms with Gasteiger partial charge in [-0.3, -0.25) is 4.79 Å². The minimum absolute atomic E-state index is 0.271. The molecular formula is C17H18N2O4S. The summed E-state index contributed by atoms with van der Waals surface area (Å²) in [5, 5.41) is 12.6. The van der Waals surface area contributed by atoms with E-state index < -0.39 is 18.2 Å². The minimum atomic E-state index is -1.02. The molecule has 126 valence electrons. The number of nitrogens with one attached hydrogen (secondary N) is 1. The fourth-order valence-electron chi connectivity index (χ4n) is 2.59. The number of hydrogen-bond acceptors (Lipinski definition) is 5. The van der Waals surface area contributed by atoms with Gasteiger partial charge in [0, 0.05) is 10.4 Å². The number of aromatic nitrogens is 1. The summed E-state index contributed by atoms with van der Waals surface area (Å²) in [5.74, 6) is -1.29. The van der Waals surface area contributed by atoms with Crippen molar-refractivity contribution in [3.05, 3.63) is 40.9 Å². The summed E-state index contributed by atoms with van der Waals surface area (Å²) in [5.41, 5.74) is 1.93. The Kier molecular flexibility index (Phi) is 4.92. The third-order valence-corrected chi connectivity index (χ3v) is 5.13. The second kappa shape index (κ2) is 7.11. The number of rotatable bonds is 5. The fourth-order valence-corrected chi connectivity index (χ4v) is 3.60. The van der Waals surface area contributed by atoms with Crippen molar-refractivity contribution in [3.63, 3.8) is 0 Å². The van der Waals surface area contributed by atoms with E-state index in [1.807, 2.05) is 37.3 Å². The molecule has 1 amide bonds. The van der Waals surface area contributed by atoms with Crippen molar-refractivity contribution >= 4 is 23.2 Å². The molecule has 1 saturated heterocycles. The van der Waals surface area contributed by atoms with E-state index in [2.05, 4.69) is 10.3 Å². The third-order valence-electron chi connectivity index (χ3n) is 3.92. The van der Waals surface area contributed by atoms with Gasteiger partial charge in [0.05, 0.1) is 12.2 Å². The lowest BCUT2D eigenvalue weighted by Crippen LogP contribution is -2.35. The average Bonchev–Trinajstić information content (AvgIpc) is 3.21. The summed E-state index contributed by atoms with van der Waals surface area (Å²) in [6.07, 6.45) is -0.770. The first-order chi connectivity index (χ1) is 11.5. The zero-order valence-corrected chi connectivity index (χ0v) is 14.0. The Bertz CT molecular complexity index is 744. The SMILES string of the molecule is Cc1nc(-c2ccccc2)sc1CNC(=O)[C@@H]1CC[C@H](C(=O)O)O1. The van der Waals surface area contributed by atoms with E-state index in [4.69, 9.17) is 9.84 Å². The van der Waals surface area contributed by atoms with Crippen molar-refractivity contribution in [3.8, 4) is 10.6 Å². The maximum Gasteiger partial charge on any atom is 0.332 e. The Hall–Kier alpha value is -2.25. The second-order valence-electron chi connectivity index (χ2n) is 5.64. The number of aryl methyl sites for hydroxylation is 1. The van der Waals surface area contributed by atoms with Gasteiger partial charge in [0.1, 0.15) is 11.1 Å². The lowest BCUT2D eigenvalue weighted by molar-refractivity contribution is -0.151. The molecule has 1 aliphatic rings. The van der Waals surface area contributed by atoms with E-state index in [9.17, 15) is 9.59 Å². The van der Waals surface area contributed by atoms with E-state index in [0.29, 0.717) is 19.4 Å². The number of aliphatic carboxylic acids is 1. The summed E-state index contributed by atoms with van der Waals surface area (Å²) in [7, 11) is 0. The minimum Gasteiger partial charge on any atom is -0.479 e. The quantitative estimate of drug-likeness (QED) is 0.868. The molecule has 24 heavy (non-hydrogen) atoms. The Morgan fingerprint density at radius 1 is 1.29 bits per heavy atom. The highest BCUT2D eigenvalue weighted by molar-refractivity contribution is 7.15. The van der Waals surface area contributed by atoms with Gasteiger partial charge >= 0.3 is 5.97 Å². The normalized spacial score (nSPS) is 20.0. The van der Waals surface area contributed by atoms with Gasteiger partial charge in [-0.1, -0.05) is 30.3 Å². The lowest BCUT2D eigenvalue weighted by Gasteiger charge is -2.11. The maximum atomic E-state index is 12.1. The van der Waals surface area contributed by atoms with E-state index >= 15 is 0 Å². The van der Waals surface area contributed by atoms with Crippen LogP contribution in [0.15, 0.2) is 30.3 Å². The Morgan fingerprint density at radius 2 is 2.00 bits per heavy atom. The first-order valence-corrected chi connectivity index (χ1v) is 8.54. The van der Waals surface area contributed by atoms with Crippen LogP contribution in [0.5, 0.6) is 0 Å². The van der Waals surface area contributed by atoms with Crippen LogP contribution in [-0.2, 0) is 20.9 Å². The topological polar surface area (TPSA) is 88.5 Å². The monoisotopic (exact) mass is 346 g/mol. The lowest BCUT2D eigenvalue weighted by atomic mass is 10.2. The molecule has 0 radical (unpaired) electrons. The largest absolute Gasteiger partial charge is 0.479 e. The van der Waals surface area contributed by atoms with Gasteiger partial charge in [0.2, 0.25) is 5.91 Å². The molecular weight excluding hydrogens is 328 g/mol. The van der Waals surface area contributed by atoms with Crippen molar-refractivity contribution in [2.75, 3.05) is 0 Å². The molecule has 0 unspecified atom stereocenters. The molecule has 7 heteroatoms. The number of carbonyl (C=O) groups is 2. The number of carboxylic acid groups (broad SMARTS) is 1. The molecule has 0 spiro atoms. The highest BCUT2D eigenvalue weighted by Gasteiger charge is 2.34.